The van der Waals surface area contributed by atoms with E-state index in [2.05, 4.69) is 0 Å². The summed E-state index contributed by atoms with van der Waals surface area (Å²) in [6, 6.07) is 3.87. The van der Waals surface area contributed by atoms with Crippen LogP contribution in [0.3, 0.4) is 0 Å². The molecular formula is C10H11ClOS. The minimum absolute atomic E-state index is 0.145. The highest BCUT2D eigenvalue weighted by Crippen LogP contribution is 2.35. The zero-order chi connectivity index (χ0) is 9.26. The lowest BCUT2D eigenvalue weighted by Crippen LogP contribution is -2.15. The highest BCUT2D eigenvalue weighted by Gasteiger charge is 2.24. The second-order valence-corrected chi connectivity index (χ2v) is 5.15. The number of Topliss-reactive ketones (excluding diaryl/α,β-unsaturated/α-hetero) is 1. The molecule has 70 valence electrons. The Hall–Kier alpha value is -0.340. The van der Waals surface area contributed by atoms with E-state index in [9.17, 15) is 4.79 Å². The normalized spacial score (nSPS) is 23.5. The van der Waals surface area contributed by atoms with Gasteiger partial charge in [0.1, 0.15) is 5.78 Å². The molecule has 1 aliphatic rings. The van der Waals surface area contributed by atoms with E-state index in [1.165, 1.54) is 6.42 Å². The molecule has 1 aromatic rings. The summed E-state index contributed by atoms with van der Waals surface area (Å²) < 4.78 is 0.786. The van der Waals surface area contributed by atoms with Crippen molar-refractivity contribution in [3.63, 3.8) is 0 Å². The zero-order valence-corrected chi connectivity index (χ0v) is 8.83. The number of ketones is 1. The number of carbonyl (C=O) groups is 1. The summed E-state index contributed by atoms with van der Waals surface area (Å²) in [4.78, 5) is 12.7. The lowest BCUT2D eigenvalue weighted by molar-refractivity contribution is -0.121. The Balaban J connectivity index is 2.19. The second-order valence-electron chi connectivity index (χ2n) is 3.41. The summed E-state index contributed by atoms with van der Waals surface area (Å²) >= 11 is 7.38. The van der Waals surface area contributed by atoms with Crippen molar-refractivity contribution < 1.29 is 4.79 Å². The van der Waals surface area contributed by atoms with Gasteiger partial charge in [-0.05, 0) is 25.0 Å². The highest BCUT2D eigenvalue weighted by molar-refractivity contribution is 7.16. The van der Waals surface area contributed by atoms with Crippen LogP contribution in [0.4, 0.5) is 0 Å². The van der Waals surface area contributed by atoms with Crippen LogP contribution in [0.2, 0.25) is 4.34 Å². The van der Waals surface area contributed by atoms with Crippen LogP contribution in [-0.4, -0.2) is 5.78 Å². The predicted molar refractivity (Wildman–Crippen MR) is 55.5 cm³/mol. The van der Waals surface area contributed by atoms with Gasteiger partial charge in [0.2, 0.25) is 0 Å². The van der Waals surface area contributed by atoms with Crippen molar-refractivity contribution in [1.29, 1.82) is 0 Å². The van der Waals surface area contributed by atoms with Crippen molar-refractivity contribution in [1.82, 2.24) is 0 Å². The zero-order valence-electron chi connectivity index (χ0n) is 7.25. The van der Waals surface area contributed by atoms with Gasteiger partial charge in [-0.25, -0.2) is 0 Å². The van der Waals surface area contributed by atoms with Crippen molar-refractivity contribution in [2.45, 2.75) is 31.6 Å². The summed E-state index contributed by atoms with van der Waals surface area (Å²) in [5.74, 6) is 0.538. The van der Waals surface area contributed by atoms with Gasteiger partial charge in [-0.2, -0.15) is 0 Å². The Morgan fingerprint density at radius 3 is 2.85 bits per heavy atom. The largest absolute Gasteiger partial charge is 0.299 e. The average Bonchev–Trinajstić information content (AvgIpc) is 2.53. The summed E-state index contributed by atoms with van der Waals surface area (Å²) in [6.45, 7) is 0. The number of carbonyl (C=O) groups excluding carboxylic acids is 1. The van der Waals surface area contributed by atoms with E-state index in [4.69, 9.17) is 11.6 Å². The summed E-state index contributed by atoms with van der Waals surface area (Å²) in [7, 11) is 0. The lowest BCUT2D eigenvalue weighted by Gasteiger charge is -2.18. The maximum atomic E-state index is 11.6. The molecule has 0 bridgehead atoms. The SMILES string of the molecule is O=C1CCCCC1c1ccc(Cl)s1. The Labute approximate surface area is 86.7 Å². The number of rotatable bonds is 1. The topological polar surface area (TPSA) is 17.1 Å². The van der Waals surface area contributed by atoms with E-state index in [-0.39, 0.29) is 5.92 Å². The van der Waals surface area contributed by atoms with E-state index >= 15 is 0 Å². The van der Waals surface area contributed by atoms with Crippen molar-refractivity contribution in [3.05, 3.63) is 21.3 Å². The van der Waals surface area contributed by atoms with Crippen molar-refractivity contribution in [2.75, 3.05) is 0 Å². The fraction of sp³-hybridized carbons (Fsp3) is 0.500. The van der Waals surface area contributed by atoms with Gasteiger partial charge in [0.25, 0.3) is 0 Å². The Kier molecular flexibility index (Phi) is 2.70. The first-order valence-corrected chi connectivity index (χ1v) is 5.75. The fourth-order valence-electron chi connectivity index (χ4n) is 1.80. The summed E-state index contributed by atoms with van der Waals surface area (Å²) in [5.41, 5.74) is 0. The van der Waals surface area contributed by atoms with Crippen LogP contribution >= 0.6 is 22.9 Å². The second kappa shape index (κ2) is 3.81. The van der Waals surface area contributed by atoms with E-state index in [1.807, 2.05) is 12.1 Å². The number of hydrogen-bond donors (Lipinski definition) is 0. The molecule has 0 saturated heterocycles. The van der Waals surface area contributed by atoms with Crippen molar-refractivity contribution in [3.8, 4) is 0 Å². The van der Waals surface area contributed by atoms with Crippen LogP contribution in [0.15, 0.2) is 12.1 Å². The van der Waals surface area contributed by atoms with Crippen molar-refractivity contribution >= 4 is 28.7 Å². The monoisotopic (exact) mass is 214 g/mol. The third-order valence-electron chi connectivity index (χ3n) is 2.49. The lowest BCUT2D eigenvalue weighted by atomic mass is 9.87. The Morgan fingerprint density at radius 2 is 2.23 bits per heavy atom. The summed E-state index contributed by atoms with van der Waals surface area (Å²) in [6.07, 6.45) is 4.00. The molecule has 0 aliphatic heterocycles. The van der Waals surface area contributed by atoms with Gasteiger partial charge < -0.3 is 0 Å². The van der Waals surface area contributed by atoms with Crippen LogP contribution < -0.4 is 0 Å². The van der Waals surface area contributed by atoms with E-state index in [1.54, 1.807) is 11.3 Å². The third-order valence-corrected chi connectivity index (χ3v) is 3.84. The molecule has 3 heteroatoms. The van der Waals surface area contributed by atoms with Gasteiger partial charge in [0.15, 0.2) is 0 Å². The molecule has 0 aromatic carbocycles. The smallest absolute Gasteiger partial charge is 0.141 e. The molecule has 1 fully saturated rings. The van der Waals surface area contributed by atoms with Gasteiger partial charge in [-0.1, -0.05) is 18.0 Å². The molecule has 0 amide bonds. The van der Waals surface area contributed by atoms with Gasteiger partial charge in [0, 0.05) is 11.3 Å². The van der Waals surface area contributed by atoms with E-state index < -0.39 is 0 Å². The van der Waals surface area contributed by atoms with Crippen LogP contribution in [0.1, 0.15) is 36.5 Å². The molecule has 2 rings (SSSR count). The van der Waals surface area contributed by atoms with Gasteiger partial charge >= 0.3 is 0 Å². The average molecular weight is 215 g/mol. The first-order valence-electron chi connectivity index (χ1n) is 4.55. The van der Waals surface area contributed by atoms with Gasteiger partial charge in [-0.3, -0.25) is 4.79 Å². The molecule has 1 aliphatic carbocycles. The van der Waals surface area contributed by atoms with Gasteiger partial charge in [0.05, 0.1) is 10.3 Å². The van der Waals surface area contributed by atoms with Gasteiger partial charge in [-0.15, -0.1) is 11.3 Å². The summed E-state index contributed by atoms with van der Waals surface area (Å²) in [5, 5.41) is 0. The molecule has 0 spiro atoms. The van der Waals surface area contributed by atoms with Crippen LogP contribution in [0.5, 0.6) is 0 Å². The molecule has 1 atom stereocenters. The molecule has 13 heavy (non-hydrogen) atoms. The van der Waals surface area contributed by atoms with Crippen LogP contribution in [0, 0.1) is 0 Å². The van der Waals surface area contributed by atoms with E-state index in [0.717, 1.165) is 28.5 Å². The molecule has 1 heterocycles. The molecule has 1 aromatic heterocycles. The molecule has 1 saturated carbocycles. The van der Waals surface area contributed by atoms with Crippen LogP contribution in [0.25, 0.3) is 0 Å². The maximum absolute atomic E-state index is 11.6. The molecule has 0 N–H and O–H groups in total. The first-order chi connectivity index (χ1) is 6.27. The number of thiophene rings is 1. The third kappa shape index (κ3) is 1.94. The highest BCUT2D eigenvalue weighted by atomic mass is 35.5. The molecule has 1 nitrogen and oxygen atoms in total. The molecule has 0 radical (unpaired) electrons. The Bertz CT molecular complexity index is 318. The van der Waals surface area contributed by atoms with Crippen LogP contribution in [-0.2, 0) is 4.79 Å². The standard InChI is InChI=1S/C10H11ClOS/c11-10-6-5-9(13-10)7-3-1-2-4-8(7)12/h5-7H,1-4H2. The number of halogens is 1. The minimum atomic E-state index is 0.145. The maximum Gasteiger partial charge on any atom is 0.141 e. The molecular weight excluding hydrogens is 204 g/mol. The number of hydrogen-bond acceptors (Lipinski definition) is 2. The quantitative estimate of drug-likeness (QED) is 0.698. The predicted octanol–water partition coefficient (Wildman–Crippen LogP) is 3.63. The molecule has 1 unspecified atom stereocenters. The van der Waals surface area contributed by atoms with E-state index in [0.29, 0.717) is 5.78 Å². The Morgan fingerprint density at radius 1 is 1.38 bits per heavy atom. The minimum Gasteiger partial charge on any atom is -0.299 e. The fourth-order valence-corrected chi connectivity index (χ4v) is 3.02. The first kappa shape index (κ1) is 9.22. The van der Waals surface area contributed by atoms with Crippen molar-refractivity contribution in [2.24, 2.45) is 0 Å².